The summed E-state index contributed by atoms with van der Waals surface area (Å²) in [6, 6.07) is 0. The second-order valence-corrected chi connectivity index (χ2v) is 2.73. The molecular formula is C9H12N2O. The van der Waals surface area contributed by atoms with E-state index >= 15 is 0 Å². The number of amidine groups is 1. The van der Waals surface area contributed by atoms with Gasteiger partial charge in [-0.2, -0.15) is 0 Å². The van der Waals surface area contributed by atoms with Gasteiger partial charge in [0.15, 0.2) is 11.6 Å². The van der Waals surface area contributed by atoms with E-state index in [1.165, 1.54) is 19.1 Å². The molecule has 0 aromatic rings. The van der Waals surface area contributed by atoms with Gasteiger partial charge in [0.05, 0.1) is 6.21 Å². The number of rotatable bonds is 4. The molecule has 1 aliphatic rings. The summed E-state index contributed by atoms with van der Waals surface area (Å²) in [7, 11) is 0. The second-order valence-electron chi connectivity index (χ2n) is 2.73. The van der Waals surface area contributed by atoms with Crippen LogP contribution in [-0.2, 0) is 4.79 Å². The van der Waals surface area contributed by atoms with E-state index < -0.39 is 0 Å². The van der Waals surface area contributed by atoms with Crippen molar-refractivity contribution in [2.24, 2.45) is 9.98 Å². The summed E-state index contributed by atoms with van der Waals surface area (Å²) in [5, 5.41) is 0. The Bertz CT molecular complexity index is 260. The zero-order valence-electron chi connectivity index (χ0n) is 7.21. The van der Waals surface area contributed by atoms with Crippen molar-refractivity contribution in [1.82, 2.24) is 0 Å². The molecule has 0 spiro atoms. The van der Waals surface area contributed by atoms with Crippen molar-refractivity contribution >= 4 is 18.0 Å². The Morgan fingerprint density at radius 3 is 2.92 bits per heavy atom. The standard InChI is InChI=1S/C9H12N2O/c1-2-3-4-5-9-10-6-8(7-12)11-9/h6H,2-5H2,1H3. The normalized spacial score (nSPS) is 14.8. The Labute approximate surface area is 71.9 Å². The zero-order valence-corrected chi connectivity index (χ0v) is 7.21. The van der Waals surface area contributed by atoms with Gasteiger partial charge in [-0.05, 0) is 6.42 Å². The quantitative estimate of drug-likeness (QED) is 0.461. The van der Waals surface area contributed by atoms with Gasteiger partial charge in [0, 0.05) is 6.42 Å². The lowest BCUT2D eigenvalue weighted by Crippen LogP contribution is -1.89. The second kappa shape index (κ2) is 4.62. The van der Waals surface area contributed by atoms with Crippen LogP contribution in [-0.4, -0.2) is 18.0 Å². The fraction of sp³-hybridized carbons (Fsp3) is 0.556. The first kappa shape index (κ1) is 8.88. The average molecular weight is 164 g/mol. The minimum atomic E-state index is 0.321. The lowest BCUT2D eigenvalue weighted by atomic mass is 10.2. The van der Waals surface area contributed by atoms with E-state index in [0.29, 0.717) is 5.70 Å². The van der Waals surface area contributed by atoms with Crippen LogP contribution in [0, 0.1) is 0 Å². The van der Waals surface area contributed by atoms with E-state index in [0.717, 1.165) is 18.7 Å². The molecule has 1 rings (SSSR count). The molecule has 0 aromatic heterocycles. The largest absolute Gasteiger partial charge is 0.238 e. The summed E-state index contributed by atoms with van der Waals surface area (Å²) in [6.45, 7) is 2.15. The third-order valence-electron chi connectivity index (χ3n) is 1.69. The molecule has 0 aliphatic carbocycles. The smallest absolute Gasteiger partial charge is 0.167 e. The molecule has 0 aromatic carbocycles. The highest BCUT2D eigenvalue weighted by Crippen LogP contribution is 2.07. The fourth-order valence-corrected chi connectivity index (χ4v) is 1.04. The van der Waals surface area contributed by atoms with Crippen molar-refractivity contribution in [3.05, 3.63) is 5.70 Å². The number of hydrogen-bond acceptors (Lipinski definition) is 3. The van der Waals surface area contributed by atoms with Gasteiger partial charge in [-0.25, -0.2) is 14.8 Å². The highest BCUT2D eigenvalue weighted by Gasteiger charge is 2.04. The number of nitrogens with zero attached hydrogens (tertiary/aromatic N) is 2. The van der Waals surface area contributed by atoms with Crippen molar-refractivity contribution in [2.45, 2.75) is 32.6 Å². The fourth-order valence-electron chi connectivity index (χ4n) is 1.04. The molecule has 0 saturated carbocycles. The van der Waals surface area contributed by atoms with E-state index in [-0.39, 0.29) is 0 Å². The summed E-state index contributed by atoms with van der Waals surface area (Å²) < 4.78 is 0. The van der Waals surface area contributed by atoms with Gasteiger partial charge >= 0.3 is 0 Å². The summed E-state index contributed by atoms with van der Waals surface area (Å²) >= 11 is 0. The summed E-state index contributed by atoms with van der Waals surface area (Å²) in [5.41, 5.74) is 0.321. The number of carbonyl (C=O) groups excluding carboxylic acids is 1. The number of aliphatic imine (C=N–C) groups is 2. The van der Waals surface area contributed by atoms with Crippen LogP contribution >= 0.6 is 0 Å². The summed E-state index contributed by atoms with van der Waals surface area (Å²) in [4.78, 5) is 18.1. The van der Waals surface area contributed by atoms with E-state index in [9.17, 15) is 4.79 Å². The molecule has 64 valence electrons. The molecule has 1 heterocycles. The third-order valence-corrected chi connectivity index (χ3v) is 1.69. The summed E-state index contributed by atoms with van der Waals surface area (Å²) in [5.74, 6) is 2.48. The molecule has 0 unspecified atom stereocenters. The van der Waals surface area contributed by atoms with Crippen LogP contribution in [0.25, 0.3) is 0 Å². The van der Waals surface area contributed by atoms with Crippen LogP contribution < -0.4 is 0 Å². The zero-order chi connectivity index (χ0) is 8.81. The maximum absolute atomic E-state index is 10.1. The first-order chi connectivity index (χ1) is 5.86. The molecule has 1 aliphatic heterocycles. The molecule has 0 bridgehead atoms. The maximum atomic E-state index is 10.1. The minimum Gasteiger partial charge on any atom is -0.238 e. The van der Waals surface area contributed by atoms with Gasteiger partial charge < -0.3 is 0 Å². The van der Waals surface area contributed by atoms with Gasteiger partial charge in [0.2, 0.25) is 0 Å². The molecule has 3 heteroatoms. The third kappa shape index (κ3) is 2.44. The molecule has 0 saturated heterocycles. The van der Waals surface area contributed by atoms with E-state index in [4.69, 9.17) is 0 Å². The van der Waals surface area contributed by atoms with E-state index in [1.807, 2.05) is 0 Å². The number of allylic oxidation sites excluding steroid dienone is 1. The Balaban J connectivity index is 2.36. The monoisotopic (exact) mass is 164 g/mol. The Kier molecular flexibility index (Phi) is 3.42. The van der Waals surface area contributed by atoms with Crippen LogP contribution in [0.5, 0.6) is 0 Å². The Morgan fingerprint density at radius 2 is 2.33 bits per heavy atom. The van der Waals surface area contributed by atoms with Crippen molar-refractivity contribution in [1.29, 1.82) is 0 Å². The first-order valence-corrected chi connectivity index (χ1v) is 4.23. The highest BCUT2D eigenvalue weighted by molar-refractivity contribution is 6.05. The molecule has 0 fully saturated rings. The molecule has 12 heavy (non-hydrogen) atoms. The molecular weight excluding hydrogens is 152 g/mol. The topological polar surface area (TPSA) is 41.8 Å². The molecule has 0 radical (unpaired) electrons. The van der Waals surface area contributed by atoms with Crippen molar-refractivity contribution in [3.63, 3.8) is 0 Å². The van der Waals surface area contributed by atoms with Crippen LogP contribution in [0.4, 0.5) is 0 Å². The highest BCUT2D eigenvalue weighted by atomic mass is 16.1. The Hall–Kier alpha value is -1.21. The van der Waals surface area contributed by atoms with Crippen LogP contribution in [0.3, 0.4) is 0 Å². The summed E-state index contributed by atoms with van der Waals surface area (Å²) in [6.07, 6.45) is 5.81. The Morgan fingerprint density at radius 1 is 1.50 bits per heavy atom. The van der Waals surface area contributed by atoms with Gasteiger partial charge in [0.1, 0.15) is 5.84 Å². The minimum absolute atomic E-state index is 0.321. The molecule has 0 N–H and O–H groups in total. The maximum Gasteiger partial charge on any atom is 0.167 e. The first-order valence-electron chi connectivity index (χ1n) is 4.23. The van der Waals surface area contributed by atoms with Crippen LogP contribution in [0.2, 0.25) is 0 Å². The van der Waals surface area contributed by atoms with Crippen molar-refractivity contribution < 1.29 is 4.79 Å². The lowest BCUT2D eigenvalue weighted by molar-refractivity contribution is 0.568. The molecule has 0 atom stereocenters. The predicted octanol–water partition coefficient (Wildman–Crippen LogP) is 1.77. The molecule has 3 nitrogen and oxygen atoms in total. The SMILES string of the molecule is CCCCCC1=NC(=C=O)C=N1. The number of unbranched alkanes of at least 4 members (excludes halogenated alkanes) is 2. The van der Waals surface area contributed by atoms with Gasteiger partial charge in [-0.1, -0.05) is 19.8 Å². The predicted molar refractivity (Wildman–Crippen MR) is 49.3 cm³/mol. The van der Waals surface area contributed by atoms with Crippen LogP contribution in [0.1, 0.15) is 32.6 Å². The molecule has 0 amide bonds. The van der Waals surface area contributed by atoms with E-state index in [2.05, 4.69) is 16.9 Å². The van der Waals surface area contributed by atoms with Crippen molar-refractivity contribution in [3.8, 4) is 0 Å². The van der Waals surface area contributed by atoms with Gasteiger partial charge in [0.25, 0.3) is 0 Å². The average Bonchev–Trinajstić information content (AvgIpc) is 2.53. The van der Waals surface area contributed by atoms with Gasteiger partial charge in [-0.3, -0.25) is 0 Å². The van der Waals surface area contributed by atoms with Crippen LogP contribution in [0.15, 0.2) is 15.7 Å². The number of hydrogen-bond donors (Lipinski definition) is 0. The van der Waals surface area contributed by atoms with Gasteiger partial charge in [-0.15, -0.1) is 0 Å². The van der Waals surface area contributed by atoms with Crippen molar-refractivity contribution in [2.75, 3.05) is 0 Å². The van der Waals surface area contributed by atoms with E-state index in [1.54, 1.807) is 5.94 Å². The lowest BCUT2D eigenvalue weighted by Gasteiger charge is -1.94.